The first-order valence-electron chi connectivity index (χ1n) is 8.10. The summed E-state index contributed by atoms with van der Waals surface area (Å²) < 4.78 is 5.16. The molecule has 0 aliphatic rings. The van der Waals surface area contributed by atoms with Gasteiger partial charge in [-0.25, -0.2) is 4.98 Å². The fraction of sp³-hybridized carbons (Fsp3) is 0.200. The highest BCUT2D eigenvalue weighted by molar-refractivity contribution is 7.14. The van der Waals surface area contributed by atoms with Gasteiger partial charge in [0.15, 0.2) is 5.13 Å². The van der Waals surface area contributed by atoms with E-state index in [0.29, 0.717) is 11.6 Å². The topological polar surface area (TPSA) is 51.2 Å². The van der Waals surface area contributed by atoms with Crippen molar-refractivity contribution < 1.29 is 9.53 Å². The smallest absolute Gasteiger partial charge is 0.226 e. The van der Waals surface area contributed by atoms with Crippen LogP contribution in [0.15, 0.2) is 60.0 Å². The van der Waals surface area contributed by atoms with Crippen LogP contribution in [0, 0.1) is 0 Å². The van der Waals surface area contributed by atoms with Crippen molar-refractivity contribution in [2.45, 2.75) is 19.3 Å². The lowest BCUT2D eigenvalue weighted by molar-refractivity contribution is -0.116. The van der Waals surface area contributed by atoms with Crippen LogP contribution in [-0.4, -0.2) is 18.0 Å². The number of hydrogen-bond acceptors (Lipinski definition) is 4. The van der Waals surface area contributed by atoms with Gasteiger partial charge in [0.05, 0.1) is 12.8 Å². The monoisotopic (exact) mass is 352 g/mol. The van der Waals surface area contributed by atoms with E-state index in [-0.39, 0.29) is 11.8 Å². The molecule has 1 heterocycles. The summed E-state index contributed by atoms with van der Waals surface area (Å²) in [6.45, 7) is 2.06. The van der Waals surface area contributed by atoms with E-state index in [1.807, 2.05) is 60.0 Å². The summed E-state index contributed by atoms with van der Waals surface area (Å²) in [5.74, 6) is 0.955. The minimum absolute atomic E-state index is 0.0213. The Kier molecular flexibility index (Phi) is 5.46. The molecule has 0 saturated carbocycles. The number of methoxy groups -OCH3 is 1. The fourth-order valence-corrected chi connectivity index (χ4v) is 3.31. The van der Waals surface area contributed by atoms with Gasteiger partial charge in [-0.05, 0) is 35.7 Å². The van der Waals surface area contributed by atoms with E-state index >= 15 is 0 Å². The van der Waals surface area contributed by atoms with E-state index in [9.17, 15) is 4.79 Å². The van der Waals surface area contributed by atoms with Gasteiger partial charge >= 0.3 is 0 Å². The number of carbonyl (C=O) groups is 1. The van der Waals surface area contributed by atoms with Gasteiger partial charge in [0.2, 0.25) is 5.91 Å². The highest BCUT2D eigenvalue weighted by atomic mass is 32.1. The Bertz CT molecular complexity index is 828. The first kappa shape index (κ1) is 17.2. The predicted octanol–water partition coefficient (Wildman–Crippen LogP) is 4.95. The molecule has 1 aromatic heterocycles. The van der Waals surface area contributed by atoms with Gasteiger partial charge in [-0.2, -0.15) is 0 Å². The molecule has 1 atom stereocenters. The van der Waals surface area contributed by atoms with Crippen LogP contribution in [0.5, 0.6) is 5.75 Å². The maximum Gasteiger partial charge on any atom is 0.226 e. The van der Waals surface area contributed by atoms with E-state index < -0.39 is 0 Å². The Morgan fingerprint density at radius 3 is 2.56 bits per heavy atom. The van der Waals surface area contributed by atoms with Crippen LogP contribution in [0.25, 0.3) is 11.3 Å². The number of hydrogen-bond donors (Lipinski definition) is 1. The molecule has 0 bridgehead atoms. The molecule has 5 heteroatoms. The van der Waals surface area contributed by atoms with E-state index in [0.717, 1.165) is 22.6 Å². The molecule has 2 aromatic carbocycles. The third-order valence-electron chi connectivity index (χ3n) is 4.00. The van der Waals surface area contributed by atoms with Crippen LogP contribution in [0.3, 0.4) is 0 Å². The van der Waals surface area contributed by atoms with Gasteiger partial charge in [-0.3, -0.25) is 4.79 Å². The lowest BCUT2D eigenvalue weighted by Gasteiger charge is -2.10. The Balaban J connectivity index is 1.61. The number of nitrogens with one attached hydrogen (secondary N) is 1. The number of ether oxygens (including phenoxy) is 1. The maximum absolute atomic E-state index is 12.3. The number of aromatic nitrogens is 1. The lowest BCUT2D eigenvalue weighted by Crippen LogP contribution is -2.14. The van der Waals surface area contributed by atoms with E-state index in [4.69, 9.17) is 4.74 Å². The van der Waals surface area contributed by atoms with Crippen molar-refractivity contribution in [3.63, 3.8) is 0 Å². The van der Waals surface area contributed by atoms with Crippen molar-refractivity contribution in [2.75, 3.05) is 12.4 Å². The average molecular weight is 352 g/mol. The van der Waals surface area contributed by atoms with Gasteiger partial charge < -0.3 is 10.1 Å². The second-order valence-corrected chi connectivity index (χ2v) is 6.69. The third kappa shape index (κ3) is 4.45. The first-order chi connectivity index (χ1) is 12.2. The van der Waals surface area contributed by atoms with Crippen molar-refractivity contribution in [1.29, 1.82) is 0 Å². The molecule has 0 aliphatic carbocycles. The molecule has 1 N–H and O–H groups in total. The van der Waals surface area contributed by atoms with Crippen molar-refractivity contribution in [3.05, 3.63) is 65.5 Å². The molecule has 3 rings (SSSR count). The minimum Gasteiger partial charge on any atom is -0.497 e. The van der Waals surface area contributed by atoms with E-state index in [1.54, 1.807) is 7.11 Å². The number of nitrogens with zero attached hydrogens (tertiary/aromatic N) is 1. The van der Waals surface area contributed by atoms with Crippen LogP contribution in [0.2, 0.25) is 0 Å². The summed E-state index contributed by atoms with van der Waals surface area (Å²) in [4.78, 5) is 16.8. The molecule has 1 amide bonds. The van der Waals surface area contributed by atoms with Crippen molar-refractivity contribution in [3.8, 4) is 17.0 Å². The summed E-state index contributed by atoms with van der Waals surface area (Å²) >= 11 is 1.43. The van der Waals surface area contributed by atoms with E-state index in [1.165, 1.54) is 11.3 Å². The SMILES string of the molecule is COc1ccc(-c2csc(NC(=O)C[C@@H](C)c3ccccc3)n2)cc1. The van der Waals surface area contributed by atoms with Gasteiger partial charge in [0.25, 0.3) is 0 Å². The standard InChI is InChI=1S/C20H20N2O2S/c1-14(15-6-4-3-5-7-15)12-19(23)22-20-21-18(13-25-20)16-8-10-17(24-2)11-9-16/h3-11,13-14H,12H2,1-2H3,(H,21,22,23)/t14-/m1/s1. The molecule has 4 nitrogen and oxygen atoms in total. The average Bonchev–Trinajstić information content (AvgIpc) is 3.10. The number of amides is 1. The highest BCUT2D eigenvalue weighted by Gasteiger charge is 2.13. The fourth-order valence-electron chi connectivity index (χ4n) is 2.57. The van der Waals surface area contributed by atoms with Crippen LogP contribution in [0.4, 0.5) is 5.13 Å². The summed E-state index contributed by atoms with van der Waals surface area (Å²) in [5.41, 5.74) is 3.00. The van der Waals surface area contributed by atoms with E-state index in [2.05, 4.69) is 17.2 Å². The van der Waals surface area contributed by atoms with Crippen LogP contribution >= 0.6 is 11.3 Å². The lowest BCUT2D eigenvalue weighted by atomic mass is 9.98. The maximum atomic E-state index is 12.3. The quantitative estimate of drug-likeness (QED) is 0.683. The summed E-state index contributed by atoms with van der Waals surface area (Å²) in [6, 6.07) is 17.8. The van der Waals surface area contributed by atoms with Gasteiger partial charge in [-0.15, -0.1) is 11.3 Å². The molecular weight excluding hydrogens is 332 g/mol. The van der Waals surface area contributed by atoms with Gasteiger partial charge in [0.1, 0.15) is 5.75 Å². The number of anilines is 1. The van der Waals surface area contributed by atoms with Crippen LogP contribution < -0.4 is 10.1 Å². The Morgan fingerprint density at radius 2 is 1.88 bits per heavy atom. The molecular formula is C20H20N2O2S. The Hall–Kier alpha value is -2.66. The summed E-state index contributed by atoms with van der Waals surface area (Å²) in [7, 11) is 1.64. The first-order valence-corrected chi connectivity index (χ1v) is 8.98. The van der Waals surface area contributed by atoms with Crippen molar-refractivity contribution in [1.82, 2.24) is 4.98 Å². The number of benzene rings is 2. The number of rotatable bonds is 6. The van der Waals surface area contributed by atoms with Gasteiger partial charge in [0, 0.05) is 17.4 Å². The summed E-state index contributed by atoms with van der Waals surface area (Å²) in [5, 5.41) is 5.46. The third-order valence-corrected chi connectivity index (χ3v) is 4.75. The number of thiazole rings is 1. The zero-order chi connectivity index (χ0) is 17.6. The molecule has 128 valence electrons. The largest absolute Gasteiger partial charge is 0.497 e. The molecule has 0 aliphatic heterocycles. The van der Waals surface area contributed by atoms with Gasteiger partial charge in [-0.1, -0.05) is 37.3 Å². The molecule has 0 spiro atoms. The van der Waals surface area contributed by atoms with Crippen molar-refractivity contribution >= 4 is 22.4 Å². The van der Waals surface area contributed by atoms with Crippen LogP contribution in [-0.2, 0) is 4.79 Å². The molecule has 25 heavy (non-hydrogen) atoms. The summed E-state index contributed by atoms with van der Waals surface area (Å²) in [6.07, 6.45) is 0.432. The zero-order valence-corrected chi connectivity index (χ0v) is 15.0. The molecule has 0 radical (unpaired) electrons. The molecule has 0 unspecified atom stereocenters. The van der Waals surface area contributed by atoms with Crippen molar-refractivity contribution in [2.24, 2.45) is 0 Å². The zero-order valence-electron chi connectivity index (χ0n) is 14.2. The van der Waals surface area contributed by atoms with Crippen LogP contribution in [0.1, 0.15) is 24.8 Å². The molecule has 3 aromatic rings. The Morgan fingerprint density at radius 1 is 1.16 bits per heavy atom. The second-order valence-electron chi connectivity index (χ2n) is 5.83. The highest BCUT2D eigenvalue weighted by Crippen LogP contribution is 2.27. The predicted molar refractivity (Wildman–Crippen MR) is 102 cm³/mol. The molecule has 0 fully saturated rings. The number of carbonyl (C=O) groups excluding carboxylic acids is 1. The minimum atomic E-state index is -0.0213. The second kappa shape index (κ2) is 7.94. The Labute approximate surface area is 151 Å². The normalized spacial score (nSPS) is 11.8. The molecule has 0 saturated heterocycles.